The molecule has 0 fully saturated rings. The lowest BCUT2D eigenvalue weighted by Crippen LogP contribution is -2.45. The van der Waals surface area contributed by atoms with Crippen LogP contribution < -0.4 is 11.1 Å². The van der Waals surface area contributed by atoms with Gasteiger partial charge < -0.3 is 16.0 Å². The Kier molecular flexibility index (Phi) is 6.93. The van der Waals surface area contributed by atoms with Crippen molar-refractivity contribution in [3.8, 4) is 0 Å². The predicted molar refractivity (Wildman–Crippen MR) is 78.3 cm³/mol. The molecule has 0 saturated heterocycles. The summed E-state index contributed by atoms with van der Waals surface area (Å²) in [5, 5.41) is 2.64. The molecular weight excluding hydrogens is 266 g/mol. The quantitative estimate of drug-likeness (QED) is 0.819. The van der Waals surface area contributed by atoms with Crippen LogP contribution in [-0.4, -0.2) is 36.3 Å². The van der Waals surface area contributed by atoms with E-state index in [1.165, 1.54) is 0 Å². The molecule has 1 aromatic carbocycles. The van der Waals surface area contributed by atoms with Crippen molar-refractivity contribution in [1.29, 1.82) is 0 Å². The zero-order chi connectivity index (χ0) is 13.7. The summed E-state index contributed by atoms with van der Waals surface area (Å²) in [6, 6.07) is 6.20. The first-order valence-electron chi connectivity index (χ1n) is 5.87. The predicted octanol–water partition coefficient (Wildman–Crippen LogP) is 1.29. The van der Waals surface area contributed by atoms with E-state index in [4.69, 9.17) is 5.73 Å². The molecule has 0 aliphatic carbocycles. The summed E-state index contributed by atoms with van der Waals surface area (Å²) in [4.78, 5) is 25.3. The minimum atomic E-state index is -0.568. The number of nitrogens with zero attached hydrogens (tertiary/aromatic N) is 1. The van der Waals surface area contributed by atoms with E-state index < -0.39 is 6.04 Å². The maximum atomic E-state index is 11.9. The van der Waals surface area contributed by atoms with Crippen LogP contribution in [0.2, 0.25) is 0 Å². The van der Waals surface area contributed by atoms with E-state index in [0.29, 0.717) is 17.8 Å². The zero-order valence-electron chi connectivity index (χ0n) is 11.3. The Morgan fingerprint density at radius 1 is 1.37 bits per heavy atom. The third-order valence-corrected chi connectivity index (χ3v) is 2.77. The van der Waals surface area contributed by atoms with Gasteiger partial charge >= 0.3 is 0 Å². The Morgan fingerprint density at radius 2 is 1.95 bits per heavy atom. The number of carbonyl (C=O) groups excluding carboxylic acids is 2. The summed E-state index contributed by atoms with van der Waals surface area (Å²) in [6.45, 7) is 4.14. The van der Waals surface area contributed by atoms with Gasteiger partial charge in [0.2, 0.25) is 5.91 Å². The minimum absolute atomic E-state index is 0. The highest BCUT2D eigenvalue weighted by molar-refractivity contribution is 6.01. The molecule has 0 spiro atoms. The van der Waals surface area contributed by atoms with Crippen molar-refractivity contribution in [1.82, 2.24) is 10.2 Å². The Hall–Kier alpha value is -1.75. The average Bonchev–Trinajstić information content (AvgIpc) is 2.37. The Morgan fingerprint density at radius 3 is 2.47 bits per heavy atom. The lowest BCUT2D eigenvalue weighted by Gasteiger charge is -2.20. The molecule has 0 heterocycles. The number of hydrogen-bond acceptors (Lipinski definition) is 3. The van der Waals surface area contributed by atoms with Gasteiger partial charge in [0.25, 0.3) is 5.91 Å². The SMILES string of the molecule is CCN(C)C(=O)C(C)NC(=O)c1ccccc1N.Cl. The molecule has 106 valence electrons. The third-order valence-electron chi connectivity index (χ3n) is 2.77. The summed E-state index contributed by atoms with van der Waals surface area (Å²) in [7, 11) is 1.70. The molecule has 0 aliphatic rings. The second-order valence-corrected chi connectivity index (χ2v) is 4.13. The molecule has 0 saturated carbocycles. The molecule has 2 amide bonds. The number of amides is 2. The smallest absolute Gasteiger partial charge is 0.254 e. The normalized spacial score (nSPS) is 11.1. The van der Waals surface area contributed by atoms with Crippen molar-refractivity contribution in [3.63, 3.8) is 0 Å². The lowest BCUT2D eigenvalue weighted by molar-refractivity contribution is -0.131. The molecule has 5 nitrogen and oxygen atoms in total. The Bertz CT molecular complexity index is 451. The van der Waals surface area contributed by atoms with Crippen LogP contribution in [-0.2, 0) is 4.79 Å². The van der Waals surface area contributed by atoms with Crippen LogP contribution >= 0.6 is 12.4 Å². The van der Waals surface area contributed by atoms with Crippen molar-refractivity contribution in [2.24, 2.45) is 0 Å². The van der Waals surface area contributed by atoms with Crippen LogP contribution in [0.1, 0.15) is 24.2 Å². The van der Waals surface area contributed by atoms with E-state index >= 15 is 0 Å². The summed E-state index contributed by atoms with van der Waals surface area (Å²) in [5.74, 6) is -0.459. The second-order valence-electron chi connectivity index (χ2n) is 4.13. The van der Waals surface area contributed by atoms with Crippen LogP contribution in [0, 0.1) is 0 Å². The molecule has 6 heteroatoms. The molecule has 1 unspecified atom stereocenters. The number of likely N-dealkylation sites (N-methyl/N-ethyl adjacent to an activating group) is 1. The molecule has 0 bridgehead atoms. The van der Waals surface area contributed by atoms with Gasteiger partial charge in [0, 0.05) is 19.3 Å². The van der Waals surface area contributed by atoms with Crippen molar-refractivity contribution in [2.75, 3.05) is 19.3 Å². The molecule has 3 N–H and O–H groups in total. The van der Waals surface area contributed by atoms with Crippen LogP contribution in [0.5, 0.6) is 0 Å². The second kappa shape index (κ2) is 7.63. The molecule has 19 heavy (non-hydrogen) atoms. The summed E-state index contributed by atoms with van der Waals surface area (Å²) >= 11 is 0. The highest BCUT2D eigenvalue weighted by Gasteiger charge is 2.19. The Balaban J connectivity index is 0.00000324. The van der Waals surface area contributed by atoms with Crippen molar-refractivity contribution in [2.45, 2.75) is 19.9 Å². The topological polar surface area (TPSA) is 75.4 Å². The number of hydrogen-bond donors (Lipinski definition) is 2. The van der Waals surface area contributed by atoms with E-state index in [0.717, 1.165) is 0 Å². The first-order chi connectivity index (χ1) is 8.47. The molecule has 1 rings (SSSR count). The van der Waals surface area contributed by atoms with E-state index in [2.05, 4.69) is 5.32 Å². The van der Waals surface area contributed by atoms with Gasteiger partial charge in [-0.1, -0.05) is 12.1 Å². The van der Waals surface area contributed by atoms with E-state index in [1.807, 2.05) is 6.92 Å². The number of nitrogen functional groups attached to an aromatic ring is 1. The maximum Gasteiger partial charge on any atom is 0.254 e. The van der Waals surface area contributed by atoms with Crippen molar-refractivity contribution < 1.29 is 9.59 Å². The summed E-state index contributed by atoms with van der Waals surface area (Å²) < 4.78 is 0. The monoisotopic (exact) mass is 285 g/mol. The third kappa shape index (κ3) is 4.44. The van der Waals surface area contributed by atoms with Crippen LogP contribution in [0.3, 0.4) is 0 Å². The fourth-order valence-corrected chi connectivity index (χ4v) is 1.53. The van der Waals surface area contributed by atoms with Gasteiger partial charge in [-0.2, -0.15) is 0 Å². The van der Waals surface area contributed by atoms with Crippen LogP contribution in [0.25, 0.3) is 0 Å². The van der Waals surface area contributed by atoms with Crippen LogP contribution in [0.4, 0.5) is 5.69 Å². The molecule has 1 aromatic rings. The highest BCUT2D eigenvalue weighted by Crippen LogP contribution is 2.10. The number of benzene rings is 1. The van der Waals surface area contributed by atoms with Gasteiger partial charge in [-0.25, -0.2) is 0 Å². The number of rotatable bonds is 4. The van der Waals surface area contributed by atoms with Gasteiger partial charge in [-0.15, -0.1) is 12.4 Å². The largest absolute Gasteiger partial charge is 0.398 e. The summed E-state index contributed by atoms with van der Waals surface area (Å²) in [5.41, 5.74) is 6.49. The first kappa shape index (κ1) is 17.2. The van der Waals surface area contributed by atoms with Crippen molar-refractivity contribution in [3.05, 3.63) is 29.8 Å². The fourth-order valence-electron chi connectivity index (χ4n) is 1.53. The molecule has 0 aliphatic heterocycles. The molecule has 0 radical (unpaired) electrons. The number of nitrogens with two attached hydrogens (primary N) is 1. The Labute approximate surface area is 119 Å². The highest BCUT2D eigenvalue weighted by atomic mass is 35.5. The number of anilines is 1. The fraction of sp³-hybridized carbons (Fsp3) is 0.385. The zero-order valence-corrected chi connectivity index (χ0v) is 12.2. The lowest BCUT2D eigenvalue weighted by atomic mass is 10.1. The van der Waals surface area contributed by atoms with Gasteiger partial charge in [0.15, 0.2) is 0 Å². The maximum absolute atomic E-state index is 11.9. The van der Waals surface area contributed by atoms with Gasteiger partial charge in [0.05, 0.1) is 5.56 Å². The van der Waals surface area contributed by atoms with Gasteiger partial charge in [-0.05, 0) is 26.0 Å². The number of para-hydroxylation sites is 1. The number of nitrogens with one attached hydrogen (secondary N) is 1. The molecule has 0 aromatic heterocycles. The van der Waals surface area contributed by atoms with E-state index in [1.54, 1.807) is 43.1 Å². The number of carbonyl (C=O) groups is 2. The molecule has 1 atom stereocenters. The van der Waals surface area contributed by atoms with Crippen LogP contribution in [0.15, 0.2) is 24.3 Å². The molecular formula is C13H20ClN3O2. The van der Waals surface area contributed by atoms with E-state index in [9.17, 15) is 9.59 Å². The first-order valence-corrected chi connectivity index (χ1v) is 5.87. The van der Waals surface area contributed by atoms with Gasteiger partial charge in [-0.3, -0.25) is 9.59 Å². The standard InChI is InChI=1S/C13H19N3O2.ClH/c1-4-16(3)13(18)9(2)15-12(17)10-7-5-6-8-11(10)14;/h5-9H,4,14H2,1-3H3,(H,15,17);1H. The van der Waals surface area contributed by atoms with Crippen molar-refractivity contribution >= 4 is 29.9 Å². The summed E-state index contributed by atoms with van der Waals surface area (Å²) in [6.07, 6.45) is 0. The minimum Gasteiger partial charge on any atom is -0.398 e. The average molecular weight is 286 g/mol. The van der Waals surface area contributed by atoms with Gasteiger partial charge in [0.1, 0.15) is 6.04 Å². The van der Waals surface area contributed by atoms with E-state index in [-0.39, 0.29) is 24.2 Å². The number of halogens is 1.